The summed E-state index contributed by atoms with van der Waals surface area (Å²) in [5.41, 5.74) is 0. The van der Waals surface area contributed by atoms with E-state index in [2.05, 4.69) is 20.8 Å². The van der Waals surface area contributed by atoms with Crippen LogP contribution >= 0.6 is 0 Å². The van der Waals surface area contributed by atoms with Gasteiger partial charge in [-0.15, -0.1) is 0 Å². The number of fused-ring (bicyclic) bond motifs is 1. The smallest absolute Gasteiger partial charge is 0.0904 e. The third kappa shape index (κ3) is 2.09. The maximum absolute atomic E-state index is 2.46. The fourth-order valence-corrected chi connectivity index (χ4v) is 3.60. The second kappa shape index (κ2) is 4.85. The van der Waals surface area contributed by atoms with Crippen LogP contribution in [0.5, 0.6) is 0 Å². The van der Waals surface area contributed by atoms with Crippen molar-refractivity contribution in [2.24, 2.45) is 11.8 Å². The number of quaternary nitrogens is 1. The molecular formula is C12H24ClN. The molecule has 0 aromatic carbocycles. The number of rotatable bonds is 1. The van der Waals surface area contributed by atoms with Crippen LogP contribution in [0.4, 0.5) is 0 Å². The van der Waals surface area contributed by atoms with E-state index in [1.807, 2.05) is 4.90 Å². The molecule has 4 atom stereocenters. The molecule has 2 aliphatic rings. The van der Waals surface area contributed by atoms with Gasteiger partial charge in [0.1, 0.15) is 0 Å². The average molecular weight is 218 g/mol. The molecular weight excluding hydrogens is 194 g/mol. The summed E-state index contributed by atoms with van der Waals surface area (Å²) < 4.78 is 0. The number of hydrogen-bond acceptors (Lipinski definition) is 0. The predicted octanol–water partition coefficient (Wildman–Crippen LogP) is -1.51. The van der Waals surface area contributed by atoms with E-state index < -0.39 is 0 Å². The Morgan fingerprint density at radius 1 is 1.14 bits per heavy atom. The lowest BCUT2D eigenvalue weighted by Gasteiger charge is -2.40. The Kier molecular flexibility index (Phi) is 4.27. The monoisotopic (exact) mass is 217 g/mol. The number of halogens is 1. The van der Waals surface area contributed by atoms with Gasteiger partial charge in [0.05, 0.1) is 18.6 Å². The van der Waals surface area contributed by atoms with Gasteiger partial charge in [-0.1, -0.05) is 20.8 Å². The first kappa shape index (κ1) is 12.3. The first-order chi connectivity index (χ1) is 6.20. The number of piperidine rings is 1. The average Bonchev–Trinajstić information content (AvgIpc) is 2.53. The number of hydrogen-bond donors (Lipinski definition) is 1. The Morgan fingerprint density at radius 2 is 1.86 bits per heavy atom. The number of nitrogens with one attached hydrogen (secondary N) is 1. The molecule has 2 saturated heterocycles. The lowest BCUT2D eigenvalue weighted by molar-refractivity contribution is -0.950. The van der Waals surface area contributed by atoms with Crippen molar-refractivity contribution in [2.75, 3.05) is 6.54 Å². The Morgan fingerprint density at radius 3 is 2.50 bits per heavy atom. The van der Waals surface area contributed by atoms with Crippen molar-refractivity contribution in [3.05, 3.63) is 0 Å². The van der Waals surface area contributed by atoms with Crippen LogP contribution in [-0.4, -0.2) is 18.6 Å². The fourth-order valence-electron chi connectivity index (χ4n) is 3.60. The highest BCUT2D eigenvalue weighted by Crippen LogP contribution is 2.24. The van der Waals surface area contributed by atoms with Gasteiger partial charge in [-0.05, 0) is 6.42 Å². The van der Waals surface area contributed by atoms with Crippen LogP contribution in [0.1, 0.15) is 46.5 Å². The quantitative estimate of drug-likeness (QED) is 0.545. The van der Waals surface area contributed by atoms with Crippen LogP contribution in [0.25, 0.3) is 0 Å². The van der Waals surface area contributed by atoms with E-state index in [4.69, 9.17) is 0 Å². The topological polar surface area (TPSA) is 4.44 Å². The molecule has 0 radical (unpaired) electrons. The van der Waals surface area contributed by atoms with Crippen molar-refractivity contribution < 1.29 is 17.3 Å². The van der Waals surface area contributed by atoms with Crippen LogP contribution in [0.2, 0.25) is 0 Å². The minimum absolute atomic E-state index is 0. The summed E-state index contributed by atoms with van der Waals surface area (Å²) in [6.45, 7) is 8.73. The summed E-state index contributed by atoms with van der Waals surface area (Å²) in [6.07, 6.45) is 5.94. The summed E-state index contributed by atoms with van der Waals surface area (Å²) in [4.78, 5) is 1.95. The van der Waals surface area contributed by atoms with Gasteiger partial charge in [0, 0.05) is 31.1 Å². The van der Waals surface area contributed by atoms with Crippen LogP contribution in [-0.2, 0) is 0 Å². The highest BCUT2D eigenvalue weighted by molar-refractivity contribution is 4.79. The highest BCUT2D eigenvalue weighted by Gasteiger charge is 2.42. The molecule has 2 heterocycles. The minimum atomic E-state index is 0. The Labute approximate surface area is 94.7 Å². The molecule has 0 amide bonds. The molecule has 2 aliphatic heterocycles. The third-order valence-corrected chi connectivity index (χ3v) is 4.36. The standard InChI is InChI=1S/C12H23N.ClH/c1-9(2)11-7-6-10(3)12-5-4-8-13(11)12;/h9-12H,4-8H2,1-3H3;1H/t10-,11+,12+;/m1./s1. The van der Waals surface area contributed by atoms with Crippen molar-refractivity contribution in [3.8, 4) is 0 Å². The second-order valence-corrected chi connectivity index (χ2v) is 5.48. The molecule has 0 bridgehead atoms. The molecule has 0 aromatic heterocycles. The summed E-state index contributed by atoms with van der Waals surface area (Å²) in [7, 11) is 0. The summed E-state index contributed by atoms with van der Waals surface area (Å²) in [5, 5.41) is 0. The molecule has 1 unspecified atom stereocenters. The molecule has 0 saturated carbocycles. The maximum Gasteiger partial charge on any atom is 0.0904 e. The molecule has 2 fully saturated rings. The van der Waals surface area contributed by atoms with Gasteiger partial charge in [0.15, 0.2) is 0 Å². The highest BCUT2D eigenvalue weighted by atomic mass is 35.5. The minimum Gasteiger partial charge on any atom is -1.00 e. The zero-order valence-corrected chi connectivity index (χ0v) is 10.5. The van der Waals surface area contributed by atoms with E-state index >= 15 is 0 Å². The summed E-state index contributed by atoms with van der Waals surface area (Å²) in [6, 6.07) is 1.99. The Hall–Kier alpha value is 0.250. The van der Waals surface area contributed by atoms with E-state index in [1.54, 1.807) is 0 Å². The third-order valence-electron chi connectivity index (χ3n) is 4.36. The van der Waals surface area contributed by atoms with Gasteiger partial charge in [-0.2, -0.15) is 0 Å². The van der Waals surface area contributed by atoms with Crippen LogP contribution in [0.3, 0.4) is 0 Å². The normalized spacial score (nSPS) is 42.0. The van der Waals surface area contributed by atoms with Gasteiger partial charge in [0.25, 0.3) is 0 Å². The predicted molar refractivity (Wildman–Crippen MR) is 55.9 cm³/mol. The van der Waals surface area contributed by atoms with E-state index in [0.29, 0.717) is 0 Å². The van der Waals surface area contributed by atoms with Crippen molar-refractivity contribution in [3.63, 3.8) is 0 Å². The van der Waals surface area contributed by atoms with Gasteiger partial charge in [-0.25, -0.2) is 0 Å². The van der Waals surface area contributed by atoms with Gasteiger partial charge in [0.2, 0.25) is 0 Å². The first-order valence-electron chi connectivity index (χ1n) is 6.05. The molecule has 0 spiro atoms. The van der Waals surface area contributed by atoms with Gasteiger partial charge < -0.3 is 17.3 Å². The summed E-state index contributed by atoms with van der Waals surface area (Å²) >= 11 is 0. The van der Waals surface area contributed by atoms with E-state index in [9.17, 15) is 0 Å². The van der Waals surface area contributed by atoms with Gasteiger partial charge in [-0.3, -0.25) is 0 Å². The largest absolute Gasteiger partial charge is 1.00 e. The second-order valence-electron chi connectivity index (χ2n) is 5.48. The molecule has 84 valence electrons. The van der Waals surface area contributed by atoms with Crippen LogP contribution in [0.15, 0.2) is 0 Å². The lowest BCUT2D eigenvalue weighted by atomic mass is 9.83. The molecule has 0 aromatic rings. The van der Waals surface area contributed by atoms with Gasteiger partial charge >= 0.3 is 0 Å². The lowest BCUT2D eigenvalue weighted by Crippen LogP contribution is -3.19. The van der Waals surface area contributed by atoms with Crippen LogP contribution < -0.4 is 17.3 Å². The molecule has 2 rings (SSSR count). The zero-order chi connectivity index (χ0) is 9.42. The van der Waals surface area contributed by atoms with E-state index in [-0.39, 0.29) is 12.4 Å². The molecule has 2 heteroatoms. The maximum atomic E-state index is 2.46. The Balaban J connectivity index is 0.000000980. The van der Waals surface area contributed by atoms with Crippen molar-refractivity contribution in [1.29, 1.82) is 0 Å². The first-order valence-corrected chi connectivity index (χ1v) is 6.05. The van der Waals surface area contributed by atoms with E-state index in [0.717, 1.165) is 23.9 Å². The SMILES string of the molecule is CC(C)[C@@H]1CC[C@@H](C)[C@@H]2CCC[NH+]12.[Cl-]. The fraction of sp³-hybridized carbons (Fsp3) is 1.00. The molecule has 14 heavy (non-hydrogen) atoms. The molecule has 0 aliphatic carbocycles. The summed E-state index contributed by atoms with van der Waals surface area (Å²) in [5.74, 6) is 1.88. The van der Waals surface area contributed by atoms with Crippen LogP contribution in [0, 0.1) is 11.8 Å². The Bertz CT molecular complexity index is 181. The van der Waals surface area contributed by atoms with Crippen molar-refractivity contribution in [1.82, 2.24) is 0 Å². The molecule has 1 nitrogen and oxygen atoms in total. The zero-order valence-electron chi connectivity index (χ0n) is 9.72. The van der Waals surface area contributed by atoms with E-state index in [1.165, 1.54) is 32.2 Å². The van der Waals surface area contributed by atoms with Crippen molar-refractivity contribution >= 4 is 0 Å². The van der Waals surface area contributed by atoms with Crippen molar-refractivity contribution in [2.45, 2.75) is 58.5 Å². The molecule has 1 N–H and O–H groups in total.